The number of nitriles is 1. The third-order valence-electron chi connectivity index (χ3n) is 4.10. The van der Waals surface area contributed by atoms with Crippen LogP contribution in [-0.4, -0.2) is 30.4 Å². The van der Waals surface area contributed by atoms with Crippen LogP contribution in [0.2, 0.25) is 0 Å². The smallest absolute Gasteiger partial charge is 0.137 e. The Labute approximate surface area is 126 Å². The van der Waals surface area contributed by atoms with Gasteiger partial charge in [-0.2, -0.15) is 5.26 Å². The van der Waals surface area contributed by atoms with E-state index < -0.39 is 6.10 Å². The average Bonchev–Trinajstić information content (AvgIpc) is 2.52. The lowest BCUT2D eigenvalue weighted by atomic mass is 9.87. The Balaban J connectivity index is 1.70. The van der Waals surface area contributed by atoms with Gasteiger partial charge in [-0.15, -0.1) is 0 Å². The third-order valence-corrected chi connectivity index (χ3v) is 4.10. The van der Waals surface area contributed by atoms with E-state index in [1.165, 1.54) is 25.7 Å². The Bertz CT molecular complexity index is 476. The molecule has 1 fully saturated rings. The predicted molar refractivity (Wildman–Crippen MR) is 82.1 cm³/mol. The second kappa shape index (κ2) is 8.02. The fourth-order valence-corrected chi connectivity index (χ4v) is 2.70. The molecule has 0 amide bonds. The minimum absolute atomic E-state index is 0.203. The number of aliphatic hydroxyl groups is 1. The molecule has 21 heavy (non-hydrogen) atoms. The Kier molecular flexibility index (Phi) is 6.04. The maximum atomic E-state index is 9.99. The van der Waals surface area contributed by atoms with Crippen molar-refractivity contribution in [2.24, 2.45) is 5.92 Å². The number of rotatable bonds is 6. The lowest BCUT2D eigenvalue weighted by molar-refractivity contribution is 0.101. The summed E-state index contributed by atoms with van der Waals surface area (Å²) < 4.78 is 5.53. The van der Waals surface area contributed by atoms with Gasteiger partial charge >= 0.3 is 0 Å². The van der Waals surface area contributed by atoms with Gasteiger partial charge in [-0.3, -0.25) is 0 Å². The standard InChI is InChI=1S/C17H24N2O2/c1-13-6-8-15(9-7-13)19-11-16(20)12-21-17-5-3-2-4-14(17)10-18/h2-5,13,15-16,19-20H,6-9,11-12H2,1H3. The summed E-state index contributed by atoms with van der Waals surface area (Å²) in [4.78, 5) is 0. The topological polar surface area (TPSA) is 65.3 Å². The van der Waals surface area contributed by atoms with Crippen molar-refractivity contribution in [2.75, 3.05) is 13.2 Å². The first-order chi connectivity index (χ1) is 10.2. The van der Waals surface area contributed by atoms with Crippen LogP contribution in [0.5, 0.6) is 5.75 Å². The average molecular weight is 288 g/mol. The van der Waals surface area contributed by atoms with Crippen LogP contribution in [0.25, 0.3) is 0 Å². The molecule has 0 heterocycles. The molecule has 0 aliphatic heterocycles. The van der Waals surface area contributed by atoms with Crippen LogP contribution in [0.1, 0.15) is 38.2 Å². The van der Waals surface area contributed by atoms with Gasteiger partial charge < -0.3 is 15.2 Å². The maximum Gasteiger partial charge on any atom is 0.137 e. The van der Waals surface area contributed by atoms with Gasteiger partial charge in [0.05, 0.1) is 5.56 Å². The van der Waals surface area contributed by atoms with Crippen molar-refractivity contribution in [1.82, 2.24) is 5.32 Å². The Hall–Kier alpha value is -1.57. The van der Waals surface area contributed by atoms with E-state index in [4.69, 9.17) is 10.00 Å². The molecule has 1 aliphatic rings. The van der Waals surface area contributed by atoms with E-state index in [1.807, 2.05) is 6.07 Å². The summed E-state index contributed by atoms with van der Waals surface area (Å²) in [5.41, 5.74) is 0.499. The quantitative estimate of drug-likeness (QED) is 0.844. The predicted octanol–water partition coefficient (Wildman–Crippen LogP) is 2.47. The van der Waals surface area contributed by atoms with Gasteiger partial charge in [0.25, 0.3) is 0 Å². The number of aliphatic hydroxyl groups excluding tert-OH is 1. The van der Waals surface area contributed by atoms with Crippen molar-refractivity contribution in [3.05, 3.63) is 29.8 Å². The molecule has 2 rings (SSSR count). The molecule has 1 aromatic carbocycles. The fraction of sp³-hybridized carbons (Fsp3) is 0.588. The number of ether oxygens (including phenoxy) is 1. The molecule has 0 bridgehead atoms. The molecule has 0 aromatic heterocycles. The van der Waals surface area contributed by atoms with Crippen LogP contribution in [0.15, 0.2) is 24.3 Å². The van der Waals surface area contributed by atoms with Gasteiger partial charge in [0.2, 0.25) is 0 Å². The molecule has 2 N–H and O–H groups in total. The summed E-state index contributed by atoms with van der Waals surface area (Å²) in [6.45, 7) is 3.04. The van der Waals surface area contributed by atoms with Crippen LogP contribution >= 0.6 is 0 Å². The van der Waals surface area contributed by atoms with E-state index in [1.54, 1.807) is 18.2 Å². The number of nitrogens with one attached hydrogen (secondary N) is 1. The second-order valence-electron chi connectivity index (χ2n) is 5.94. The van der Waals surface area contributed by atoms with Crippen molar-refractivity contribution in [3.63, 3.8) is 0 Å². The Morgan fingerprint density at radius 1 is 1.33 bits per heavy atom. The lowest BCUT2D eigenvalue weighted by Crippen LogP contribution is -2.39. The fourth-order valence-electron chi connectivity index (χ4n) is 2.70. The molecule has 4 heteroatoms. The molecule has 4 nitrogen and oxygen atoms in total. The maximum absolute atomic E-state index is 9.99. The molecule has 1 atom stereocenters. The van der Waals surface area contributed by atoms with Gasteiger partial charge in [-0.25, -0.2) is 0 Å². The minimum atomic E-state index is -0.559. The highest BCUT2D eigenvalue weighted by molar-refractivity contribution is 5.42. The summed E-state index contributed by atoms with van der Waals surface area (Å²) >= 11 is 0. The van der Waals surface area contributed by atoms with Crippen molar-refractivity contribution >= 4 is 0 Å². The molecule has 0 spiro atoms. The molecule has 1 saturated carbocycles. The van der Waals surface area contributed by atoms with E-state index in [9.17, 15) is 5.11 Å². The number of nitrogens with zero attached hydrogens (tertiary/aromatic N) is 1. The first-order valence-corrected chi connectivity index (χ1v) is 7.72. The monoisotopic (exact) mass is 288 g/mol. The Morgan fingerprint density at radius 3 is 2.76 bits per heavy atom. The summed E-state index contributed by atoms with van der Waals surface area (Å²) in [6.07, 6.45) is 4.34. The van der Waals surface area contributed by atoms with Gasteiger partial charge in [0, 0.05) is 12.6 Å². The van der Waals surface area contributed by atoms with Crippen molar-refractivity contribution in [1.29, 1.82) is 5.26 Å². The Morgan fingerprint density at radius 2 is 2.05 bits per heavy atom. The summed E-state index contributed by atoms with van der Waals surface area (Å²) in [5, 5.41) is 22.4. The summed E-state index contributed by atoms with van der Waals surface area (Å²) in [5.74, 6) is 1.37. The molecule has 0 radical (unpaired) electrons. The molecular weight excluding hydrogens is 264 g/mol. The molecule has 114 valence electrons. The number of hydrogen-bond acceptors (Lipinski definition) is 4. The first-order valence-electron chi connectivity index (χ1n) is 7.72. The van der Waals surface area contributed by atoms with Crippen molar-refractivity contribution < 1.29 is 9.84 Å². The van der Waals surface area contributed by atoms with E-state index >= 15 is 0 Å². The van der Waals surface area contributed by atoms with Gasteiger partial charge in [-0.05, 0) is 43.7 Å². The van der Waals surface area contributed by atoms with Gasteiger partial charge in [0.1, 0.15) is 24.5 Å². The number of benzene rings is 1. The largest absolute Gasteiger partial charge is 0.489 e. The van der Waals surface area contributed by atoms with Crippen molar-refractivity contribution in [3.8, 4) is 11.8 Å². The summed E-state index contributed by atoms with van der Waals surface area (Å²) in [6, 6.07) is 9.69. The van der Waals surface area contributed by atoms with Gasteiger partial charge in [-0.1, -0.05) is 19.1 Å². The van der Waals surface area contributed by atoms with Crippen molar-refractivity contribution in [2.45, 2.75) is 44.8 Å². The van der Waals surface area contributed by atoms with Gasteiger partial charge in [0.15, 0.2) is 0 Å². The molecule has 1 aliphatic carbocycles. The van der Waals surface area contributed by atoms with E-state index in [-0.39, 0.29) is 6.61 Å². The summed E-state index contributed by atoms with van der Waals surface area (Å²) in [7, 11) is 0. The highest BCUT2D eigenvalue weighted by Crippen LogP contribution is 2.23. The normalized spacial score (nSPS) is 23.3. The van der Waals surface area contributed by atoms with Crippen LogP contribution in [0.3, 0.4) is 0 Å². The van der Waals surface area contributed by atoms with Crippen LogP contribution in [0, 0.1) is 17.2 Å². The van der Waals surface area contributed by atoms with Crippen LogP contribution < -0.4 is 10.1 Å². The number of para-hydroxylation sites is 1. The zero-order chi connectivity index (χ0) is 15.1. The third kappa shape index (κ3) is 5.04. The van der Waals surface area contributed by atoms with E-state index in [2.05, 4.69) is 18.3 Å². The van der Waals surface area contributed by atoms with E-state index in [0.717, 1.165) is 5.92 Å². The van der Waals surface area contributed by atoms with Crippen LogP contribution in [-0.2, 0) is 0 Å². The molecular formula is C17H24N2O2. The van der Waals surface area contributed by atoms with Crippen LogP contribution in [0.4, 0.5) is 0 Å². The highest BCUT2D eigenvalue weighted by Gasteiger charge is 2.18. The van der Waals surface area contributed by atoms with E-state index in [0.29, 0.717) is 23.9 Å². The molecule has 0 saturated heterocycles. The zero-order valence-corrected chi connectivity index (χ0v) is 12.6. The number of hydrogen-bond donors (Lipinski definition) is 2. The molecule has 1 aromatic rings. The molecule has 1 unspecified atom stereocenters. The second-order valence-corrected chi connectivity index (χ2v) is 5.94. The first kappa shape index (κ1) is 15.8. The zero-order valence-electron chi connectivity index (χ0n) is 12.6. The lowest BCUT2D eigenvalue weighted by Gasteiger charge is -2.27. The highest BCUT2D eigenvalue weighted by atomic mass is 16.5. The minimum Gasteiger partial charge on any atom is -0.489 e. The SMILES string of the molecule is CC1CCC(NCC(O)COc2ccccc2C#N)CC1.